The van der Waals surface area contributed by atoms with Gasteiger partial charge in [0.2, 0.25) is 0 Å². The van der Waals surface area contributed by atoms with E-state index in [0.29, 0.717) is 36.1 Å². The summed E-state index contributed by atoms with van der Waals surface area (Å²) >= 11 is 0. The van der Waals surface area contributed by atoms with Crippen LogP contribution >= 0.6 is 0 Å². The molecule has 1 amide bonds. The number of anilines is 1. The molecule has 1 N–H and O–H groups in total. The Balaban J connectivity index is 1.53. The molecule has 9 heteroatoms. The molecule has 1 unspecified atom stereocenters. The fourth-order valence-electron chi connectivity index (χ4n) is 3.64. The van der Waals surface area contributed by atoms with E-state index >= 15 is 0 Å². The second-order valence-corrected chi connectivity index (χ2v) is 8.66. The van der Waals surface area contributed by atoms with Gasteiger partial charge in [-0.15, -0.1) is 4.40 Å². The Labute approximate surface area is 163 Å². The van der Waals surface area contributed by atoms with Crippen molar-refractivity contribution in [1.29, 1.82) is 0 Å². The number of carbonyl (C=O) groups excluding carboxylic acids is 1. The minimum atomic E-state index is -3.74. The second kappa shape index (κ2) is 7.38. The molecule has 1 fully saturated rings. The summed E-state index contributed by atoms with van der Waals surface area (Å²) in [6.45, 7) is 3.02. The lowest BCUT2D eigenvalue weighted by Crippen LogP contribution is -2.44. The van der Waals surface area contributed by atoms with E-state index in [1.807, 2.05) is 6.92 Å². The zero-order chi connectivity index (χ0) is 19.7. The molecule has 4 rings (SSSR count). The van der Waals surface area contributed by atoms with Gasteiger partial charge in [-0.05, 0) is 31.4 Å². The van der Waals surface area contributed by atoms with E-state index in [0.717, 1.165) is 25.7 Å². The van der Waals surface area contributed by atoms with E-state index in [4.69, 9.17) is 4.52 Å². The van der Waals surface area contributed by atoms with Crippen molar-refractivity contribution in [3.05, 3.63) is 41.8 Å². The maximum atomic E-state index is 12.8. The predicted molar refractivity (Wildman–Crippen MR) is 104 cm³/mol. The van der Waals surface area contributed by atoms with Crippen molar-refractivity contribution in [2.45, 2.75) is 37.5 Å². The maximum absolute atomic E-state index is 12.8. The maximum Gasteiger partial charge on any atom is 0.286 e. The third kappa shape index (κ3) is 3.54. The molecule has 1 atom stereocenters. The molecule has 0 aliphatic carbocycles. The molecule has 148 valence electrons. The number of para-hydroxylation sites is 1. The highest BCUT2D eigenvalue weighted by Gasteiger charge is 2.33. The molecule has 2 aliphatic heterocycles. The van der Waals surface area contributed by atoms with Gasteiger partial charge in [0.15, 0.2) is 5.69 Å². The van der Waals surface area contributed by atoms with Gasteiger partial charge < -0.3 is 14.7 Å². The normalized spacial score (nSPS) is 20.8. The van der Waals surface area contributed by atoms with Crippen molar-refractivity contribution in [2.75, 3.05) is 18.4 Å². The van der Waals surface area contributed by atoms with E-state index < -0.39 is 10.0 Å². The van der Waals surface area contributed by atoms with Crippen LogP contribution in [-0.2, 0) is 16.4 Å². The third-order valence-corrected chi connectivity index (χ3v) is 6.36. The van der Waals surface area contributed by atoms with Crippen LogP contribution in [0.1, 0.15) is 42.4 Å². The Hall–Kier alpha value is -2.68. The summed E-state index contributed by atoms with van der Waals surface area (Å²) in [6.07, 6.45) is 3.17. The minimum absolute atomic E-state index is 0.175. The Morgan fingerprint density at radius 1 is 1.36 bits per heavy atom. The predicted octanol–water partition coefficient (Wildman–Crippen LogP) is 2.69. The molecule has 2 aromatic rings. The van der Waals surface area contributed by atoms with Gasteiger partial charge in [0.05, 0.1) is 5.69 Å². The van der Waals surface area contributed by atoms with E-state index in [9.17, 15) is 13.2 Å². The van der Waals surface area contributed by atoms with Gasteiger partial charge in [-0.1, -0.05) is 24.2 Å². The first-order chi connectivity index (χ1) is 13.5. The van der Waals surface area contributed by atoms with Crippen molar-refractivity contribution >= 4 is 27.5 Å². The molecule has 28 heavy (non-hydrogen) atoms. The summed E-state index contributed by atoms with van der Waals surface area (Å²) in [7, 11) is -3.74. The Bertz CT molecular complexity index is 1030. The highest BCUT2D eigenvalue weighted by molar-refractivity contribution is 7.90. The molecule has 0 bridgehead atoms. The number of hydrogen-bond acceptors (Lipinski definition) is 6. The van der Waals surface area contributed by atoms with Gasteiger partial charge in [-0.25, -0.2) is 0 Å². The van der Waals surface area contributed by atoms with Crippen LogP contribution in [0, 0.1) is 5.92 Å². The molecule has 1 aromatic carbocycles. The van der Waals surface area contributed by atoms with Gasteiger partial charge in [-0.3, -0.25) is 4.79 Å². The number of fused-ring (bicyclic) bond motifs is 1. The van der Waals surface area contributed by atoms with E-state index in [-0.39, 0.29) is 16.7 Å². The van der Waals surface area contributed by atoms with Gasteiger partial charge in [0.25, 0.3) is 15.9 Å². The second-order valence-electron chi connectivity index (χ2n) is 7.09. The minimum Gasteiger partial charge on any atom is -0.361 e. The first-order valence-corrected chi connectivity index (χ1v) is 10.9. The zero-order valence-corrected chi connectivity index (χ0v) is 16.4. The first-order valence-electron chi connectivity index (χ1n) is 9.43. The van der Waals surface area contributed by atoms with E-state index in [2.05, 4.69) is 14.9 Å². The van der Waals surface area contributed by atoms with Gasteiger partial charge in [0.1, 0.15) is 16.5 Å². The van der Waals surface area contributed by atoms with Crippen LogP contribution in [0.3, 0.4) is 0 Å². The SMILES string of the molecule is CCCc1cc(C(=O)N2CCCC(C3=NS(=O)(=O)c4ccccc4N3)C2)no1. The van der Waals surface area contributed by atoms with Crippen LogP contribution in [0.15, 0.2) is 44.1 Å². The molecule has 0 spiro atoms. The van der Waals surface area contributed by atoms with Gasteiger partial charge >= 0.3 is 0 Å². The van der Waals surface area contributed by atoms with Crippen LogP contribution in [0.4, 0.5) is 5.69 Å². The zero-order valence-electron chi connectivity index (χ0n) is 15.6. The van der Waals surface area contributed by atoms with Crippen LogP contribution < -0.4 is 5.32 Å². The number of amidine groups is 1. The molecule has 1 aromatic heterocycles. The molecule has 0 radical (unpaired) electrons. The van der Waals surface area contributed by atoms with Crippen LogP contribution in [0.5, 0.6) is 0 Å². The number of nitrogens with one attached hydrogen (secondary N) is 1. The number of sulfonamides is 1. The topological polar surface area (TPSA) is 105 Å². The van der Waals surface area contributed by atoms with Crippen LogP contribution in [-0.4, -0.2) is 43.3 Å². The highest BCUT2D eigenvalue weighted by atomic mass is 32.2. The number of aryl methyl sites for hydroxylation is 1. The summed E-state index contributed by atoms with van der Waals surface area (Å²) in [4.78, 5) is 14.7. The number of benzene rings is 1. The standard InChI is InChI=1S/C19H22N4O4S/c1-2-6-14-11-16(21-27-14)19(24)23-10-5-7-13(12-23)18-20-15-8-3-4-9-17(15)28(25,26)22-18/h3-4,8-9,11,13H,2,5-7,10,12H2,1H3,(H,20,22). The average Bonchev–Trinajstić information content (AvgIpc) is 3.16. The summed E-state index contributed by atoms with van der Waals surface area (Å²) in [5.41, 5.74) is 0.817. The quantitative estimate of drug-likeness (QED) is 0.843. The van der Waals surface area contributed by atoms with Gasteiger partial charge in [-0.2, -0.15) is 8.42 Å². The number of amides is 1. The van der Waals surface area contributed by atoms with Crippen molar-refractivity contribution in [2.24, 2.45) is 10.3 Å². The molecular formula is C19H22N4O4S. The number of piperidine rings is 1. The molecular weight excluding hydrogens is 380 g/mol. The fraction of sp³-hybridized carbons (Fsp3) is 0.421. The molecule has 8 nitrogen and oxygen atoms in total. The van der Waals surface area contributed by atoms with Crippen LogP contribution in [0.2, 0.25) is 0 Å². The number of aromatic nitrogens is 1. The molecule has 0 saturated carbocycles. The summed E-state index contributed by atoms with van der Waals surface area (Å²) in [6, 6.07) is 8.39. The number of carbonyl (C=O) groups is 1. The van der Waals surface area contributed by atoms with Crippen LogP contribution in [0.25, 0.3) is 0 Å². The Kier molecular flexibility index (Phi) is 4.92. The van der Waals surface area contributed by atoms with Gasteiger partial charge in [0, 0.05) is 31.5 Å². The van der Waals surface area contributed by atoms with Crippen molar-refractivity contribution in [3.63, 3.8) is 0 Å². The molecule has 1 saturated heterocycles. The first kappa shape index (κ1) is 18.7. The van der Waals surface area contributed by atoms with Crippen molar-refractivity contribution in [3.8, 4) is 0 Å². The monoisotopic (exact) mass is 402 g/mol. The Morgan fingerprint density at radius 2 is 2.18 bits per heavy atom. The van der Waals surface area contributed by atoms with Crippen molar-refractivity contribution < 1.29 is 17.7 Å². The smallest absolute Gasteiger partial charge is 0.286 e. The average molecular weight is 402 g/mol. The number of nitrogens with zero attached hydrogens (tertiary/aromatic N) is 3. The highest BCUT2D eigenvalue weighted by Crippen LogP contribution is 2.30. The lowest BCUT2D eigenvalue weighted by molar-refractivity contribution is 0.0692. The molecule has 3 heterocycles. The summed E-state index contributed by atoms with van der Waals surface area (Å²) < 4.78 is 34.2. The number of rotatable bonds is 4. The van der Waals surface area contributed by atoms with Crippen molar-refractivity contribution in [1.82, 2.24) is 10.1 Å². The summed E-state index contributed by atoms with van der Waals surface area (Å²) in [5, 5.41) is 7.03. The number of hydrogen-bond donors (Lipinski definition) is 1. The number of likely N-dealkylation sites (tertiary alicyclic amines) is 1. The Morgan fingerprint density at radius 3 is 3.00 bits per heavy atom. The third-order valence-electron chi connectivity index (χ3n) is 5.02. The largest absolute Gasteiger partial charge is 0.361 e. The fourth-order valence-corrected chi connectivity index (χ4v) is 4.84. The molecule has 2 aliphatic rings. The lowest BCUT2D eigenvalue weighted by atomic mass is 9.96. The van der Waals surface area contributed by atoms with E-state index in [1.54, 1.807) is 29.2 Å². The lowest BCUT2D eigenvalue weighted by Gasteiger charge is -2.34. The van der Waals surface area contributed by atoms with E-state index in [1.165, 1.54) is 6.07 Å². The summed E-state index contributed by atoms with van der Waals surface area (Å²) in [5.74, 6) is 0.710.